The second-order valence-electron chi connectivity index (χ2n) is 5.08. The predicted molar refractivity (Wildman–Crippen MR) is 73.3 cm³/mol. The number of alkyl halides is 3. The Balaban J connectivity index is 2.32. The Morgan fingerprint density at radius 3 is 2.48 bits per heavy atom. The number of rotatable bonds is 4. The molecule has 0 spiro atoms. The first-order valence-electron chi connectivity index (χ1n) is 6.91. The van der Waals surface area contributed by atoms with E-state index < -0.39 is 12.0 Å². The van der Waals surface area contributed by atoms with Crippen LogP contribution in [0.5, 0.6) is 0 Å². The van der Waals surface area contributed by atoms with Gasteiger partial charge in [0.2, 0.25) is 5.82 Å². The van der Waals surface area contributed by atoms with Crippen LogP contribution in [-0.4, -0.2) is 34.3 Å². The number of aliphatic hydroxyl groups excluding tert-OH is 1. The standard InChI is InChI=1S/C13H17ClF3N3O/c14-10-8-11(19-12(18-10)13(15,16)17)20(6-7-21)9-4-2-1-3-5-9/h8-9,21H,1-7H2. The van der Waals surface area contributed by atoms with E-state index in [1.54, 1.807) is 4.90 Å². The first-order chi connectivity index (χ1) is 9.91. The highest BCUT2D eigenvalue weighted by Crippen LogP contribution is 2.31. The molecule has 2 rings (SSSR count). The van der Waals surface area contributed by atoms with Crippen molar-refractivity contribution in [1.29, 1.82) is 0 Å². The number of halogens is 4. The number of anilines is 1. The first-order valence-corrected chi connectivity index (χ1v) is 7.29. The number of hydrogen-bond acceptors (Lipinski definition) is 4. The largest absolute Gasteiger partial charge is 0.451 e. The summed E-state index contributed by atoms with van der Waals surface area (Å²) in [6.07, 6.45) is 0.292. The summed E-state index contributed by atoms with van der Waals surface area (Å²) in [5.74, 6) is -1.12. The quantitative estimate of drug-likeness (QED) is 0.864. The Hall–Kier alpha value is -1.08. The molecule has 118 valence electrons. The Bertz CT molecular complexity index is 478. The van der Waals surface area contributed by atoms with E-state index in [1.807, 2.05) is 0 Å². The van der Waals surface area contributed by atoms with Crippen molar-refractivity contribution in [2.45, 2.75) is 44.3 Å². The molecule has 1 heterocycles. The fourth-order valence-corrected chi connectivity index (χ4v) is 2.84. The summed E-state index contributed by atoms with van der Waals surface area (Å²) < 4.78 is 38.4. The van der Waals surface area contributed by atoms with Crippen LogP contribution >= 0.6 is 11.6 Å². The molecule has 0 atom stereocenters. The second kappa shape index (κ2) is 6.79. The zero-order valence-corrected chi connectivity index (χ0v) is 12.2. The van der Waals surface area contributed by atoms with Gasteiger partial charge < -0.3 is 10.0 Å². The molecule has 4 nitrogen and oxygen atoms in total. The van der Waals surface area contributed by atoms with Gasteiger partial charge in [-0.3, -0.25) is 0 Å². The summed E-state index contributed by atoms with van der Waals surface area (Å²) in [6, 6.07) is 1.40. The van der Waals surface area contributed by atoms with E-state index in [9.17, 15) is 18.3 Å². The highest BCUT2D eigenvalue weighted by molar-refractivity contribution is 6.29. The fourth-order valence-electron chi connectivity index (χ4n) is 2.66. The van der Waals surface area contributed by atoms with Crippen molar-refractivity contribution in [2.75, 3.05) is 18.1 Å². The Labute approximate surface area is 126 Å². The molecule has 8 heteroatoms. The van der Waals surface area contributed by atoms with Gasteiger partial charge >= 0.3 is 6.18 Å². The maximum absolute atomic E-state index is 12.8. The van der Waals surface area contributed by atoms with Gasteiger partial charge in [0.25, 0.3) is 0 Å². The highest BCUT2D eigenvalue weighted by atomic mass is 35.5. The van der Waals surface area contributed by atoms with E-state index in [-0.39, 0.29) is 30.2 Å². The molecule has 0 radical (unpaired) electrons. The lowest BCUT2D eigenvalue weighted by Gasteiger charge is -2.35. The van der Waals surface area contributed by atoms with Gasteiger partial charge in [0.05, 0.1) is 6.61 Å². The minimum absolute atomic E-state index is 0.0814. The van der Waals surface area contributed by atoms with Crippen molar-refractivity contribution in [3.05, 3.63) is 17.0 Å². The van der Waals surface area contributed by atoms with Gasteiger partial charge in [-0.25, -0.2) is 9.97 Å². The minimum atomic E-state index is -4.64. The third-order valence-electron chi connectivity index (χ3n) is 3.59. The van der Waals surface area contributed by atoms with Crippen LogP contribution in [0.4, 0.5) is 19.0 Å². The zero-order chi connectivity index (χ0) is 15.5. The molecule has 0 aromatic carbocycles. The van der Waals surface area contributed by atoms with Gasteiger partial charge in [0.1, 0.15) is 11.0 Å². The molecule has 1 aromatic rings. The smallest absolute Gasteiger partial charge is 0.395 e. The summed E-state index contributed by atoms with van der Waals surface area (Å²) >= 11 is 5.70. The summed E-state index contributed by atoms with van der Waals surface area (Å²) in [6.45, 7) is 0.0782. The van der Waals surface area contributed by atoms with Crippen molar-refractivity contribution < 1.29 is 18.3 Å². The number of aliphatic hydroxyl groups is 1. The van der Waals surface area contributed by atoms with Crippen molar-refractivity contribution in [3.8, 4) is 0 Å². The van der Waals surface area contributed by atoms with E-state index in [2.05, 4.69) is 9.97 Å². The highest BCUT2D eigenvalue weighted by Gasteiger charge is 2.36. The van der Waals surface area contributed by atoms with E-state index in [0.29, 0.717) is 0 Å². The third-order valence-corrected chi connectivity index (χ3v) is 3.78. The topological polar surface area (TPSA) is 49.2 Å². The fraction of sp³-hybridized carbons (Fsp3) is 0.692. The summed E-state index contributed by atoms with van der Waals surface area (Å²) in [4.78, 5) is 8.54. The van der Waals surface area contributed by atoms with Crippen LogP contribution in [0.3, 0.4) is 0 Å². The average molecular weight is 324 g/mol. The van der Waals surface area contributed by atoms with E-state index in [4.69, 9.17) is 11.6 Å². The Kier molecular flexibility index (Phi) is 5.27. The molecule has 1 saturated carbocycles. The molecule has 0 aliphatic heterocycles. The molecule has 1 aliphatic rings. The SMILES string of the molecule is OCCN(c1cc(Cl)nc(C(F)(F)F)n1)C1CCCCC1. The second-order valence-corrected chi connectivity index (χ2v) is 5.47. The van der Waals surface area contributed by atoms with Gasteiger partial charge in [0, 0.05) is 18.7 Å². The average Bonchev–Trinajstić information content (AvgIpc) is 2.44. The number of nitrogens with zero attached hydrogens (tertiary/aromatic N) is 3. The molecule has 0 amide bonds. The molecule has 21 heavy (non-hydrogen) atoms. The number of aromatic nitrogens is 2. The maximum atomic E-state index is 12.8. The molecular formula is C13H17ClF3N3O. The van der Waals surface area contributed by atoms with Gasteiger partial charge in [0.15, 0.2) is 0 Å². The number of hydrogen-bond donors (Lipinski definition) is 1. The third kappa shape index (κ3) is 4.20. The summed E-state index contributed by atoms with van der Waals surface area (Å²) in [5, 5.41) is 8.94. The van der Waals surface area contributed by atoms with Crippen molar-refractivity contribution in [1.82, 2.24) is 9.97 Å². The lowest BCUT2D eigenvalue weighted by Crippen LogP contribution is -2.39. The van der Waals surface area contributed by atoms with Crippen LogP contribution in [-0.2, 0) is 6.18 Å². The normalized spacial score (nSPS) is 17.0. The Morgan fingerprint density at radius 1 is 1.24 bits per heavy atom. The molecule has 1 fully saturated rings. The molecule has 1 N–H and O–H groups in total. The van der Waals surface area contributed by atoms with Crippen LogP contribution < -0.4 is 4.90 Å². The molecule has 0 bridgehead atoms. The molecule has 1 aliphatic carbocycles. The molecule has 1 aromatic heterocycles. The molecular weight excluding hydrogens is 307 g/mol. The predicted octanol–water partition coefficient (Wildman–Crippen LogP) is 3.28. The van der Waals surface area contributed by atoms with Crippen molar-refractivity contribution in [3.63, 3.8) is 0 Å². The van der Waals surface area contributed by atoms with Crippen LogP contribution in [0, 0.1) is 0 Å². The van der Waals surface area contributed by atoms with E-state index in [0.717, 1.165) is 32.1 Å². The van der Waals surface area contributed by atoms with Crippen LogP contribution in [0.15, 0.2) is 6.07 Å². The first kappa shape index (κ1) is 16.3. The maximum Gasteiger partial charge on any atom is 0.451 e. The molecule has 0 unspecified atom stereocenters. The van der Waals surface area contributed by atoms with Gasteiger partial charge in [-0.15, -0.1) is 0 Å². The van der Waals surface area contributed by atoms with Crippen LogP contribution in [0.25, 0.3) is 0 Å². The van der Waals surface area contributed by atoms with Gasteiger partial charge in [-0.1, -0.05) is 30.9 Å². The Morgan fingerprint density at radius 2 is 1.90 bits per heavy atom. The van der Waals surface area contributed by atoms with Crippen LogP contribution in [0.1, 0.15) is 37.9 Å². The monoisotopic (exact) mass is 323 g/mol. The van der Waals surface area contributed by atoms with E-state index >= 15 is 0 Å². The van der Waals surface area contributed by atoms with Crippen LogP contribution in [0.2, 0.25) is 5.15 Å². The van der Waals surface area contributed by atoms with Gasteiger partial charge in [-0.05, 0) is 12.8 Å². The lowest BCUT2D eigenvalue weighted by atomic mass is 9.94. The van der Waals surface area contributed by atoms with Crippen molar-refractivity contribution in [2.24, 2.45) is 0 Å². The minimum Gasteiger partial charge on any atom is -0.395 e. The van der Waals surface area contributed by atoms with Gasteiger partial charge in [-0.2, -0.15) is 13.2 Å². The molecule has 0 saturated heterocycles. The zero-order valence-electron chi connectivity index (χ0n) is 11.4. The summed E-state index contributed by atoms with van der Waals surface area (Å²) in [5.41, 5.74) is 0. The van der Waals surface area contributed by atoms with E-state index in [1.165, 1.54) is 6.07 Å². The summed E-state index contributed by atoms with van der Waals surface area (Å²) in [7, 11) is 0. The lowest BCUT2D eigenvalue weighted by molar-refractivity contribution is -0.144. The van der Waals surface area contributed by atoms with Crippen molar-refractivity contribution >= 4 is 17.4 Å².